The smallest absolute Gasteiger partial charge is 0.337 e. The predicted octanol–water partition coefficient (Wildman–Crippen LogP) is 2.64. The molecule has 1 N–H and O–H groups in total. The van der Waals surface area contributed by atoms with E-state index >= 15 is 0 Å². The molecule has 0 aliphatic rings. The third kappa shape index (κ3) is 2.50. The standard InChI is InChI=1S/C16H15N3O2/c1-10-3-4-12(7-11(10)2)8-15-18-17-14-6-5-13(16(20)21)9-19(14)15/h3-7,9H,8H2,1-2H3,(H,20,21). The van der Waals surface area contributed by atoms with E-state index in [1.807, 2.05) is 0 Å². The fourth-order valence-corrected chi connectivity index (χ4v) is 2.28. The number of hydrogen-bond donors (Lipinski definition) is 1. The minimum atomic E-state index is -0.956. The lowest BCUT2D eigenvalue weighted by atomic mass is 10.0. The summed E-state index contributed by atoms with van der Waals surface area (Å²) < 4.78 is 1.73. The van der Waals surface area contributed by atoms with Gasteiger partial charge < -0.3 is 5.11 Å². The maximum atomic E-state index is 11.1. The number of pyridine rings is 1. The summed E-state index contributed by atoms with van der Waals surface area (Å²) in [5.41, 5.74) is 4.49. The number of aromatic carboxylic acids is 1. The number of benzene rings is 1. The van der Waals surface area contributed by atoms with Crippen molar-refractivity contribution >= 4 is 11.6 Å². The Bertz CT molecular complexity index is 837. The lowest BCUT2D eigenvalue weighted by Gasteiger charge is -2.05. The Morgan fingerprint density at radius 1 is 1.14 bits per heavy atom. The summed E-state index contributed by atoms with van der Waals surface area (Å²) in [7, 11) is 0. The van der Waals surface area contributed by atoms with Crippen LogP contribution in [0.4, 0.5) is 0 Å². The summed E-state index contributed by atoms with van der Waals surface area (Å²) in [5, 5.41) is 17.3. The van der Waals surface area contributed by atoms with E-state index in [1.54, 1.807) is 16.7 Å². The van der Waals surface area contributed by atoms with Gasteiger partial charge in [-0.05, 0) is 42.7 Å². The van der Waals surface area contributed by atoms with Crippen LogP contribution in [0.25, 0.3) is 5.65 Å². The summed E-state index contributed by atoms with van der Waals surface area (Å²) in [6.07, 6.45) is 2.18. The molecule has 0 saturated heterocycles. The summed E-state index contributed by atoms with van der Waals surface area (Å²) >= 11 is 0. The second kappa shape index (κ2) is 5.01. The number of carboxylic acid groups (broad SMARTS) is 1. The molecule has 0 spiro atoms. The van der Waals surface area contributed by atoms with Crippen molar-refractivity contribution in [3.05, 3.63) is 64.6 Å². The van der Waals surface area contributed by atoms with Crippen molar-refractivity contribution in [2.45, 2.75) is 20.3 Å². The monoisotopic (exact) mass is 281 g/mol. The Labute approximate surface area is 121 Å². The maximum Gasteiger partial charge on any atom is 0.337 e. The first-order valence-corrected chi connectivity index (χ1v) is 6.67. The Kier molecular flexibility index (Phi) is 3.17. The average molecular weight is 281 g/mol. The number of aromatic nitrogens is 3. The lowest BCUT2D eigenvalue weighted by molar-refractivity contribution is 0.0696. The predicted molar refractivity (Wildman–Crippen MR) is 78.7 cm³/mol. The summed E-state index contributed by atoms with van der Waals surface area (Å²) in [6, 6.07) is 9.46. The number of rotatable bonds is 3. The van der Waals surface area contributed by atoms with E-state index in [0.717, 1.165) is 11.4 Å². The second-order valence-corrected chi connectivity index (χ2v) is 5.16. The SMILES string of the molecule is Cc1ccc(Cc2nnc3ccc(C(=O)O)cn23)cc1C. The molecule has 106 valence electrons. The molecule has 0 unspecified atom stereocenters. The largest absolute Gasteiger partial charge is 0.478 e. The fraction of sp³-hybridized carbons (Fsp3) is 0.188. The van der Waals surface area contributed by atoms with E-state index in [0.29, 0.717) is 12.1 Å². The van der Waals surface area contributed by atoms with Crippen molar-refractivity contribution in [1.29, 1.82) is 0 Å². The number of nitrogens with zero attached hydrogens (tertiary/aromatic N) is 3. The molecule has 2 heterocycles. The van der Waals surface area contributed by atoms with E-state index in [4.69, 9.17) is 5.11 Å². The quantitative estimate of drug-likeness (QED) is 0.801. The summed E-state index contributed by atoms with van der Waals surface area (Å²) in [6.45, 7) is 4.15. The minimum Gasteiger partial charge on any atom is -0.478 e. The van der Waals surface area contributed by atoms with Crippen LogP contribution in [0, 0.1) is 13.8 Å². The molecule has 1 aromatic carbocycles. The van der Waals surface area contributed by atoms with Gasteiger partial charge in [-0.25, -0.2) is 4.79 Å². The highest BCUT2D eigenvalue weighted by Crippen LogP contribution is 2.15. The fourth-order valence-electron chi connectivity index (χ4n) is 2.28. The van der Waals surface area contributed by atoms with Crippen LogP contribution in [0.2, 0.25) is 0 Å². The molecule has 3 aromatic rings. The van der Waals surface area contributed by atoms with Crippen molar-refractivity contribution in [2.75, 3.05) is 0 Å². The van der Waals surface area contributed by atoms with Crippen LogP contribution < -0.4 is 0 Å². The summed E-state index contributed by atoms with van der Waals surface area (Å²) in [4.78, 5) is 11.1. The first-order valence-electron chi connectivity index (χ1n) is 6.67. The van der Waals surface area contributed by atoms with Crippen molar-refractivity contribution in [2.24, 2.45) is 0 Å². The molecule has 0 bridgehead atoms. The number of carboxylic acids is 1. The molecular formula is C16H15N3O2. The molecule has 21 heavy (non-hydrogen) atoms. The molecule has 5 nitrogen and oxygen atoms in total. The lowest BCUT2D eigenvalue weighted by Crippen LogP contribution is -2.02. The Balaban J connectivity index is 2.01. The van der Waals surface area contributed by atoms with Crippen LogP contribution in [-0.2, 0) is 6.42 Å². The zero-order chi connectivity index (χ0) is 15.0. The van der Waals surface area contributed by atoms with Gasteiger partial charge in [0, 0.05) is 12.6 Å². The Morgan fingerprint density at radius 2 is 1.95 bits per heavy atom. The zero-order valence-corrected chi connectivity index (χ0v) is 11.9. The molecule has 0 radical (unpaired) electrons. The van der Waals surface area contributed by atoms with Gasteiger partial charge in [0.05, 0.1) is 5.56 Å². The van der Waals surface area contributed by atoms with Crippen LogP contribution in [0.5, 0.6) is 0 Å². The summed E-state index contributed by atoms with van der Waals surface area (Å²) in [5.74, 6) is -0.223. The molecule has 0 aliphatic heterocycles. The van der Waals surface area contributed by atoms with Crippen LogP contribution in [-0.4, -0.2) is 25.7 Å². The van der Waals surface area contributed by atoms with Gasteiger partial charge in [-0.15, -0.1) is 10.2 Å². The van der Waals surface area contributed by atoms with Crippen LogP contribution >= 0.6 is 0 Å². The topological polar surface area (TPSA) is 67.5 Å². The molecular weight excluding hydrogens is 266 g/mol. The first kappa shape index (κ1) is 13.3. The van der Waals surface area contributed by atoms with Crippen LogP contribution in [0.3, 0.4) is 0 Å². The van der Waals surface area contributed by atoms with Gasteiger partial charge in [0.1, 0.15) is 5.82 Å². The van der Waals surface area contributed by atoms with Crippen molar-refractivity contribution in [3.63, 3.8) is 0 Å². The second-order valence-electron chi connectivity index (χ2n) is 5.16. The third-order valence-electron chi connectivity index (χ3n) is 3.65. The zero-order valence-electron chi connectivity index (χ0n) is 11.9. The third-order valence-corrected chi connectivity index (χ3v) is 3.65. The maximum absolute atomic E-state index is 11.1. The van der Waals surface area contributed by atoms with Crippen LogP contribution in [0.15, 0.2) is 36.5 Å². The van der Waals surface area contributed by atoms with E-state index in [2.05, 4.69) is 42.2 Å². The normalized spacial score (nSPS) is 11.0. The number of carbonyl (C=O) groups is 1. The molecule has 3 rings (SSSR count). The molecule has 0 fully saturated rings. The molecule has 2 aromatic heterocycles. The van der Waals surface area contributed by atoms with E-state index in [9.17, 15) is 4.79 Å². The Hall–Kier alpha value is -2.69. The molecule has 0 atom stereocenters. The van der Waals surface area contributed by atoms with Crippen molar-refractivity contribution in [1.82, 2.24) is 14.6 Å². The Morgan fingerprint density at radius 3 is 2.67 bits per heavy atom. The van der Waals surface area contributed by atoms with E-state index in [1.165, 1.54) is 17.2 Å². The van der Waals surface area contributed by atoms with Gasteiger partial charge in [0.2, 0.25) is 0 Å². The van der Waals surface area contributed by atoms with Crippen molar-refractivity contribution in [3.8, 4) is 0 Å². The highest BCUT2D eigenvalue weighted by molar-refractivity contribution is 5.87. The molecule has 0 aliphatic carbocycles. The van der Waals surface area contributed by atoms with E-state index < -0.39 is 5.97 Å². The highest BCUT2D eigenvalue weighted by Gasteiger charge is 2.10. The highest BCUT2D eigenvalue weighted by atomic mass is 16.4. The molecule has 0 amide bonds. The van der Waals surface area contributed by atoms with E-state index in [-0.39, 0.29) is 5.56 Å². The number of hydrogen-bond acceptors (Lipinski definition) is 3. The number of fused-ring (bicyclic) bond motifs is 1. The average Bonchev–Trinajstić information content (AvgIpc) is 2.85. The van der Waals surface area contributed by atoms with Gasteiger partial charge in [0.25, 0.3) is 0 Å². The van der Waals surface area contributed by atoms with Gasteiger partial charge in [-0.3, -0.25) is 4.40 Å². The van der Waals surface area contributed by atoms with Gasteiger partial charge >= 0.3 is 5.97 Å². The first-order chi connectivity index (χ1) is 10.0. The minimum absolute atomic E-state index is 0.226. The molecule has 5 heteroatoms. The molecule has 0 saturated carbocycles. The van der Waals surface area contributed by atoms with Crippen molar-refractivity contribution < 1.29 is 9.90 Å². The van der Waals surface area contributed by atoms with Gasteiger partial charge in [-0.2, -0.15) is 0 Å². The van der Waals surface area contributed by atoms with Gasteiger partial charge in [0.15, 0.2) is 5.65 Å². The van der Waals surface area contributed by atoms with Crippen LogP contribution in [0.1, 0.15) is 32.9 Å². The number of aryl methyl sites for hydroxylation is 2. The van der Waals surface area contributed by atoms with Gasteiger partial charge in [-0.1, -0.05) is 18.2 Å².